The molecule has 7 heteroatoms. The monoisotopic (exact) mass is 380 g/mol. The van der Waals surface area contributed by atoms with E-state index in [1.54, 1.807) is 25.1 Å². The Labute approximate surface area is 153 Å². The maximum Gasteiger partial charge on any atom is 0.241 e. The number of nitrogens with zero attached hydrogens (tertiary/aromatic N) is 1. The van der Waals surface area contributed by atoms with Crippen LogP contribution >= 0.6 is 11.6 Å². The summed E-state index contributed by atoms with van der Waals surface area (Å²) in [6, 6.07) is 12.7. The van der Waals surface area contributed by atoms with E-state index in [2.05, 4.69) is 5.32 Å². The van der Waals surface area contributed by atoms with Crippen molar-refractivity contribution in [3.05, 3.63) is 64.2 Å². The summed E-state index contributed by atoms with van der Waals surface area (Å²) in [6.07, 6.45) is 1.07. The molecular weight excluding hydrogens is 360 g/mol. The first-order valence-electron chi connectivity index (χ1n) is 7.73. The van der Waals surface area contributed by atoms with Gasteiger partial charge in [-0.1, -0.05) is 47.5 Å². The molecule has 0 saturated carbocycles. The molecule has 2 rings (SSSR count). The van der Waals surface area contributed by atoms with Gasteiger partial charge < -0.3 is 5.32 Å². The van der Waals surface area contributed by atoms with Gasteiger partial charge in [-0.05, 0) is 37.1 Å². The van der Waals surface area contributed by atoms with Crippen molar-refractivity contribution in [2.45, 2.75) is 20.4 Å². The van der Waals surface area contributed by atoms with E-state index < -0.39 is 10.0 Å². The molecule has 0 aromatic heterocycles. The van der Waals surface area contributed by atoms with Crippen molar-refractivity contribution in [3.8, 4) is 0 Å². The number of sulfonamides is 1. The van der Waals surface area contributed by atoms with Crippen LogP contribution in [-0.2, 0) is 21.4 Å². The predicted molar refractivity (Wildman–Crippen MR) is 101 cm³/mol. The van der Waals surface area contributed by atoms with E-state index in [4.69, 9.17) is 11.6 Å². The minimum Gasteiger partial charge on any atom is -0.350 e. The minimum atomic E-state index is -3.63. The first-order valence-corrected chi connectivity index (χ1v) is 9.95. The second-order valence-corrected chi connectivity index (χ2v) is 8.31. The SMILES string of the molecule is Cc1cccc(CNC(=O)CN(c2cc(Cl)ccc2C)S(C)(=O)=O)c1. The molecule has 0 spiro atoms. The highest BCUT2D eigenvalue weighted by atomic mass is 35.5. The Morgan fingerprint density at radius 2 is 1.88 bits per heavy atom. The summed E-state index contributed by atoms with van der Waals surface area (Å²) in [6.45, 7) is 3.78. The zero-order chi connectivity index (χ0) is 18.6. The number of carbonyl (C=O) groups excluding carboxylic acids is 1. The Morgan fingerprint density at radius 1 is 1.16 bits per heavy atom. The lowest BCUT2D eigenvalue weighted by atomic mass is 10.1. The van der Waals surface area contributed by atoms with E-state index in [1.807, 2.05) is 31.2 Å². The molecule has 25 heavy (non-hydrogen) atoms. The van der Waals surface area contributed by atoms with Crippen molar-refractivity contribution in [3.63, 3.8) is 0 Å². The van der Waals surface area contributed by atoms with E-state index in [9.17, 15) is 13.2 Å². The molecule has 1 amide bonds. The number of anilines is 1. The summed E-state index contributed by atoms with van der Waals surface area (Å²) in [5, 5.41) is 3.17. The highest BCUT2D eigenvalue weighted by Crippen LogP contribution is 2.26. The number of halogens is 1. The van der Waals surface area contributed by atoms with Crippen molar-refractivity contribution >= 4 is 33.2 Å². The minimum absolute atomic E-state index is 0.300. The van der Waals surface area contributed by atoms with Crippen molar-refractivity contribution in [2.75, 3.05) is 17.1 Å². The highest BCUT2D eigenvalue weighted by Gasteiger charge is 2.22. The van der Waals surface area contributed by atoms with Gasteiger partial charge in [0, 0.05) is 11.6 Å². The van der Waals surface area contributed by atoms with Gasteiger partial charge in [0.05, 0.1) is 11.9 Å². The number of aryl methyl sites for hydroxylation is 2. The van der Waals surface area contributed by atoms with Crippen LogP contribution in [0.5, 0.6) is 0 Å². The maximum absolute atomic E-state index is 12.3. The first-order chi connectivity index (χ1) is 11.7. The molecule has 0 fully saturated rings. The maximum atomic E-state index is 12.3. The quantitative estimate of drug-likeness (QED) is 0.837. The first kappa shape index (κ1) is 19.3. The lowest BCUT2D eigenvalue weighted by molar-refractivity contribution is -0.119. The van der Waals surface area contributed by atoms with Gasteiger partial charge in [0.15, 0.2) is 0 Å². The van der Waals surface area contributed by atoms with Crippen LogP contribution in [0.1, 0.15) is 16.7 Å². The molecule has 0 atom stereocenters. The molecule has 5 nitrogen and oxygen atoms in total. The third-order valence-corrected chi connectivity index (χ3v) is 5.06. The number of carbonyl (C=O) groups is 1. The molecule has 134 valence electrons. The summed E-state index contributed by atoms with van der Waals surface area (Å²) < 4.78 is 25.4. The Balaban J connectivity index is 2.15. The summed E-state index contributed by atoms with van der Waals surface area (Å²) in [7, 11) is -3.63. The normalized spacial score (nSPS) is 11.2. The van der Waals surface area contributed by atoms with Crippen LogP contribution in [0.2, 0.25) is 5.02 Å². The van der Waals surface area contributed by atoms with Gasteiger partial charge in [0.2, 0.25) is 15.9 Å². The molecule has 0 radical (unpaired) electrons. The Morgan fingerprint density at radius 3 is 2.52 bits per heavy atom. The summed E-state index contributed by atoms with van der Waals surface area (Å²) in [4.78, 5) is 12.3. The Kier molecular flexibility index (Phi) is 6.08. The molecule has 2 aromatic rings. The lowest BCUT2D eigenvalue weighted by Gasteiger charge is -2.23. The Bertz CT molecular complexity index is 882. The van der Waals surface area contributed by atoms with Gasteiger partial charge in [-0.15, -0.1) is 0 Å². The zero-order valence-electron chi connectivity index (χ0n) is 14.4. The number of hydrogen-bond acceptors (Lipinski definition) is 3. The smallest absolute Gasteiger partial charge is 0.241 e. The number of amides is 1. The molecule has 1 N–H and O–H groups in total. The van der Waals surface area contributed by atoms with Gasteiger partial charge in [0.1, 0.15) is 6.54 Å². The largest absolute Gasteiger partial charge is 0.350 e. The van der Waals surface area contributed by atoms with E-state index in [-0.39, 0.29) is 12.5 Å². The summed E-state index contributed by atoms with van der Waals surface area (Å²) >= 11 is 5.98. The van der Waals surface area contributed by atoms with Crippen molar-refractivity contribution in [1.29, 1.82) is 0 Å². The van der Waals surface area contributed by atoms with E-state index in [0.717, 1.165) is 27.3 Å². The molecule has 0 aliphatic rings. The van der Waals surface area contributed by atoms with Gasteiger partial charge in [-0.2, -0.15) is 0 Å². The topological polar surface area (TPSA) is 66.5 Å². The van der Waals surface area contributed by atoms with E-state index in [1.165, 1.54) is 0 Å². The molecule has 0 saturated heterocycles. The fourth-order valence-electron chi connectivity index (χ4n) is 2.44. The van der Waals surface area contributed by atoms with Crippen LogP contribution in [0.15, 0.2) is 42.5 Å². The van der Waals surface area contributed by atoms with Crippen molar-refractivity contribution in [1.82, 2.24) is 5.32 Å². The van der Waals surface area contributed by atoms with Crippen molar-refractivity contribution in [2.24, 2.45) is 0 Å². The van der Waals surface area contributed by atoms with E-state index >= 15 is 0 Å². The standard InChI is InChI=1S/C18H21ClN2O3S/c1-13-5-4-6-15(9-13)11-20-18(22)12-21(25(3,23)24)17-10-16(19)8-7-14(17)2/h4-10H,11-12H2,1-3H3,(H,20,22). The van der Waals surface area contributed by atoms with Crippen LogP contribution in [0.4, 0.5) is 5.69 Å². The molecular formula is C18H21ClN2O3S. The van der Waals surface area contributed by atoms with Gasteiger partial charge in [-0.25, -0.2) is 8.42 Å². The molecule has 0 aliphatic heterocycles. The van der Waals surface area contributed by atoms with Gasteiger partial charge >= 0.3 is 0 Å². The van der Waals surface area contributed by atoms with Crippen LogP contribution in [-0.4, -0.2) is 27.1 Å². The number of rotatable bonds is 6. The predicted octanol–water partition coefficient (Wildman–Crippen LogP) is 3.04. The van der Waals surface area contributed by atoms with Crippen LogP contribution in [0, 0.1) is 13.8 Å². The number of hydrogen-bond donors (Lipinski definition) is 1. The van der Waals surface area contributed by atoms with Crippen LogP contribution < -0.4 is 9.62 Å². The molecule has 0 aliphatic carbocycles. The number of nitrogens with one attached hydrogen (secondary N) is 1. The number of benzene rings is 2. The Hall–Kier alpha value is -2.05. The summed E-state index contributed by atoms with van der Waals surface area (Å²) in [5.74, 6) is -0.383. The van der Waals surface area contributed by atoms with Gasteiger partial charge in [0.25, 0.3) is 0 Å². The molecule has 0 unspecified atom stereocenters. The zero-order valence-corrected chi connectivity index (χ0v) is 16.0. The fourth-order valence-corrected chi connectivity index (χ4v) is 3.51. The fraction of sp³-hybridized carbons (Fsp3) is 0.278. The van der Waals surface area contributed by atoms with E-state index in [0.29, 0.717) is 17.3 Å². The van der Waals surface area contributed by atoms with Gasteiger partial charge in [-0.3, -0.25) is 9.10 Å². The average molecular weight is 381 g/mol. The second-order valence-electron chi connectivity index (χ2n) is 5.97. The average Bonchev–Trinajstić information content (AvgIpc) is 2.52. The summed E-state index contributed by atoms with van der Waals surface area (Å²) in [5.41, 5.74) is 3.18. The van der Waals surface area contributed by atoms with Crippen LogP contribution in [0.25, 0.3) is 0 Å². The molecule has 0 heterocycles. The van der Waals surface area contributed by atoms with Crippen LogP contribution in [0.3, 0.4) is 0 Å². The second kappa shape index (κ2) is 7.89. The highest BCUT2D eigenvalue weighted by molar-refractivity contribution is 7.92. The molecule has 2 aromatic carbocycles. The molecule has 0 bridgehead atoms. The third kappa shape index (κ3) is 5.47. The van der Waals surface area contributed by atoms with Crippen molar-refractivity contribution < 1.29 is 13.2 Å². The third-order valence-electron chi connectivity index (χ3n) is 3.70. The lowest BCUT2D eigenvalue weighted by Crippen LogP contribution is -2.40.